The van der Waals surface area contributed by atoms with Gasteiger partial charge in [-0.1, -0.05) is 0 Å². The highest BCUT2D eigenvalue weighted by molar-refractivity contribution is 6.05. The smallest absolute Gasteiger partial charge is 0.497 e. The van der Waals surface area contributed by atoms with Crippen LogP contribution in [0.3, 0.4) is 0 Å². The molecule has 1 saturated heterocycles. The molecule has 2 N–H and O–H groups in total. The number of pyridine rings is 1. The van der Waals surface area contributed by atoms with Gasteiger partial charge < -0.3 is 29.4 Å². The van der Waals surface area contributed by atoms with E-state index in [1.54, 1.807) is 6.92 Å². The maximum atomic E-state index is 15.4. The minimum atomic E-state index is -4.95. The molecular formula is C30H28F5N3O6. The molecule has 0 bridgehead atoms. The van der Waals surface area contributed by atoms with Crippen LogP contribution in [-0.2, 0) is 24.2 Å². The third-order valence-corrected chi connectivity index (χ3v) is 7.97. The number of nitrogens with zero attached hydrogens (tertiary/aromatic N) is 2. The number of halogens is 5. The second-order valence-corrected chi connectivity index (χ2v) is 10.5. The number of hydrogen-bond acceptors (Lipinski definition) is 6. The van der Waals surface area contributed by atoms with Gasteiger partial charge in [-0.3, -0.25) is 14.4 Å². The third kappa shape index (κ3) is 5.73. The molecule has 9 nitrogen and oxygen atoms in total. The molecule has 0 radical (unpaired) electrons. The largest absolute Gasteiger partial charge is 0.573 e. The van der Waals surface area contributed by atoms with Gasteiger partial charge in [-0.2, -0.15) is 0 Å². The molecule has 0 saturated carbocycles. The highest BCUT2D eigenvalue weighted by atomic mass is 19.4. The summed E-state index contributed by atoms with van der Waals surface area (Å²) in [5, 5.41) is 12.1. The molecule has 14 heteroatoms. The van der Waals surface area contributed by atoms with E-state index >= 15 is 8.78 Å². The van der Waals surface area contributed by atoms with E-state index in [0.29, 0.717) is 18.4 Å². The Kier molecular flexibility index (Phi) is 8.38. The molecule has 0 spiro atoms. The number of hydrogen-bond donors (Lipinski definition) is 2. The summed E-state index contributed by atoms with van der Waals surface area (Å²) in [6, 6.07) is 4.18. The number of aromatic nitrogens is 1. The van der Waals surface area contributed by atoms with Crippen molar-refractivity contribution in [1.29, 1.82) is 0 Å². The Labute approximate surface area is 247 Å². The number of alkyl halides is 3. The summed E-state index contributed by atoms with van der Waals surface area (Å²) in [4.78, 5) is 42.0. The molecule has 1 fully saturated rings. The van der Waals surface area contributed by atoms with Crippen LogP contribution in [0.25, 0.3) is 0 Å². The zero-order chi connectivity index (χ0) is 31.9. The number of carbonyl (C=O) groups is 2. The number of amides is 2. The van der Waals surface area contributed by atoms with Crippen LogP contribution in [-0.4, -0.2) is 54.2 Å². The lowest BCUT2D eigenvalue weighted by Gasteiger charge is -2.23. The number of fused-ring (bicyclic) bond motifs is 1. The fourth-order valence-electron chi connectivity index (χ4n) is 6.06. The zero-order valence-corrected chi connectivity index (χ0v) is 23.6. The molecule has 1 aliphatic carbocycles. The molecular weight excluding hydrogens is 593 g/mol. The Morgan fingerprint density at radius 3 is 2.32 bits per heavy atom. The van der Waals surface area contributed by atoms with Crippen molar-refractivity contribution in [2.75, 3.05) is 25.2 Å². The van der Waals surface area contributed by atoms with Crippen LogP contribution < -0.4 is 25.2 Å². The minimum absolute atomic E-state index is 0.0180. The zero-order valence-electron chi connectivity index (χ0n) is 23.6. The second-order valence-electron chi connectivity index (χ2n) is 10.5. The van der Waals surface area contributed by atoms with Crippen molar-refractivity contribution in [2.24, 2.45) is 0 Å². The van der Waals surface area contributed by atoms with Gasteiger partial charge >= 0.3 is 6.36 Å². The van der Waals surface area contributed by atoms with Crippen molar-refractivity contribution < 1.29 is 46.1 Å². The molecule has 1 aromatic heterocycles. The number of rotatable bonds is 8. The van der Waals surface area contributed by atoms with E-state index in [2.05, 4.69) is 10.1 Å². The van der Waals surface area contributed by atoms with Crippen LogP contribution in [0.15, 0.2) is 41.2 Å². The van der Waals surface area contributed by atoms with Gasteiger partial charge in [0.05, 0.1) is 13.7 Å². The lowest BCUT2D eigenvalue weighted by molar-refractivity contribution is -0.274. The standard InChI is InChI=1S/C30H28F5N3O6/c1-15-19-4-3-5-23(19)37(10-11-39)29(42)26(15)38-14-20(24-21(31)12-18(43-2)13-22(24)32)25(28(38)41)36-27(40)16-6-8-17(9-7-16)44-30(33,34)35/h6-9,12-13,20,25,39H,3-5,10-11,14H2,1-2H3,(H,36,40)/t20-,25?/m0/s1. The van der Waals surface area contributed by atoms with Gasteiger partial charge in [0.1, 0.15) is 34.9 Å². The van der Waals surface area contributed by atoms with E-state index in [1.807, 2.05) is 0 Å². The molecule has 1 unspecified atom stereocenters. The molecule has 234 valence electrons. The van der Waals surface area contributed by atoms with Gasteiger partial charge in [0.25, 0.3) is 11.5 Å². The van der Waals surface area contributed by atoms with E-state index < -0.39 is 58.6 Å². The van der Waals surface area contributed by atoms with E-state index in [0.717, 1.165) is 59.0 Å². The number of methoxy groups -OCH3 is 1. The average molecular weight is 622 g/mol. The first kappa shape index (κ1) is 31.0. The van der Waals surface area contributed by atoms with E-state index in [-0.39, 0.29) is 36.7 Å². The topological polar surface area (TPSA) is 110 Å². The van der Waals surface area contributed by atoms with E-state index in [4.69, 9.17) is 4.74 Å². The number of benzene rings is 2. The summed E-state index contributed by atoms with van der Waals surface area (Å²) in [7, 11) is 1.22. The monoisotopic (exact) mass is 621 g/mol. The number of aliphatic hydroxyl groups excluding tert-OH is 1. The van der Waals surface area contributed by atoms with Crippen molar-refractivity contribution >= 4 is 17.5 Å². The fraction of sp³-hybridized carbons (Fsp3) is 0.367. The Morgan fingerprint density at radius 1 is 1.07 bits per heavy atom. The predicted molar refractivity (Wildman–Crippen MR) is 147 cm³/mol. The highest BCUT2D eigenvalue weighted by Crippen LogP contribution is 2.38. The molecule has 5 rings (SSSR count). The molecule has 2 atom stereocenters. The van der Waals surface area contributed by atoms with Crippen LogP contribution in [0.1, 0.15) is 45.1 Å². The molecule has 2 heterocycles. The number of nitrogens with one attached hydrogen (secondary N) is 1. The van der Waals surface area contributed by atoms with Crippen molar-refractivity contribution in [3.63, 3.8) is 0 Å². The van der Waals surface area contributed by atoms with E-state index in [1.165, 1.54) is 11.7 Å². The van der Waals surface area contributed by atoms with Gasteiger partial charge in [-0.15, -0.1) is 13.2 Å². The average Bonchev–Trinajstić information content (AvgIpc) is 3.56. The first-order valence-corrected chi connectivity index (χ1v) is 13.7. The minimum Gasteiger partial charge on any atom is -0.497 e. The molecule has 44 heavy (non-hydrogen) atoms. The second kappa shape index (κ2) is 11.9. The van der Waals surface area contributed by atoms with Gasteiger partial charge in [0.2, 0.25) is 5.91 Å². The Morgan fingerprint density at radius 2 is 1.73 bits per heavy atom. The van der Waals surface area contributed by atoms with E-state index in [9.17, 15) is 32.7 Å². The van der Waals surface area contributed by atoms with Crippen LogP contribution in [0, 0.1) is 18.6 Å². The van der Waals surface area contributed by atoms with Gasteiger partial charge in [-0.25, -0.2) is 8.78 Å². The van der Waals surface area contributed by atoms with Crippen LogP contribution in [0.4, 0.5) is 27.6 Å². The highest BCUT2D eigenvalue weighted by Gasteiger charge is 2.47. The van der Waals surface area contributed by atoms with Crippen LogP contribution in [0.5, 0.6) is 11.5 Å². The summed E-state index contributed by atoms with van der Waals surface area (Å²) in [6.45, 7) is 0.947. The molecule has 3 aromatic rings. The predicted octanol–water partition coefficient (Wildman–Crippen LogP) is 3.75. The van der Waals surface area contributed by atoms with Crippen LogP contribution >= 0.6 is 0 Å². The van der Waals surface area contributed by atoms with Gasteiger partial charge in [0.15, 0.2) is 0 Å². The Balaban J connectivity index is 1.56. The number of anilines is 1. The summed E-state index contributed by atoms with van der Waals surface area (Å²) < 4.78 is 78.5. The lowest BCUT2D eigenvalue weighted by atomic mass is 9.92. The number of ether oxygens (including phenoxy) is 2. The first-order valence-electron chi connectivity index (χ1n) is 13.7. The number of aliphatic hydroxyl groups is 1. The number of carbonyl (C=O) groups excluding carboxylic acids is 2. The van der Waals surface area contributed by atoms with Crippen molar-refractivity contribution in [1.82, 2.24) is 9.88 Å². The third-order valence-electron chi connectivity index (χ3n) is 7.97. The quantitative estimate of drug-likeness (QED) is 0.371. The molecule has 1 aliphatic heterocycles. The Bertz CT molecular complexity index is 1650. The normalized spacial score (nSPS) is 18.0. The summed E-state index contributed by atoms with van der Waals surface area (Å²) in [5.41, 5.74) is 0.860. The van der Waals surface area contributed by atoms with Gasteiger partial charge in [0, 0.05) is 48.0 Å². The summed E-state index contributed by atoms with van der Waals surface area (Å²) in [5.74, 6) is -5.83. The van der Waals surface area contributed by atoms with Gasteiger partial charge in [-0.05, 0) is 61.6 Å². The van der Waals surface area contributed by atoms with Crippen molar-refractivity contribution in [3.8, 4) is 11.5 Å². The maximum absolute atomic E-state index is 15.4. The summed E-state index contributed by atoms with van der Waals surface area (Å²) >= 11 is 0. The first-order chi connectivity index (χ1) is 20.8. The van der Waals surface area contributed by atoms with Crippen molar-refractivity contribution in [2.45, 2.75) is 51.1 Å². The molecule has 2 aliphatic rings. The Hall–Kier alpha value is -4.46. The van der Waals surface area contributed by atoms with Crippen LogP contribution in [0.2, 0.25) is 0 Å². The molecule has 2 amide bonds. The maximum Gasteiger partial charge on any atom is 0.573 e. The lowest BCUT2D eigenvalue weighted by Crippen LogP contribution is -2.45. The summed E-state index contributed by atoms with van der Waals surface area (Å²) in [6.07, 6.45) is -2.96. The van der Waals surface area contributed by atoms with Crippen molar-refractivity contribution in [3.05, 3.63) is 86.3 Å². The fourth-order valence-corrected chi connectivity index (χ4v) is 6.06. The SMILES string of the molecule is COc1cc(F)c([C@@H]2CN(c3c(C)c4c(n(CCO)c3=O)CCC4)C(=O)C2NC(=O)c2ccc(OC(F)(F)F)cc2)c(F)c1. The molecule has 2 aromatic carbocycles.